The van der Waals surface area contributed by atoms with Gasteiger partial charge in [0, 0.05) is 26.0 Å². The standard InChI is InChI=1S/C10H15ClN2O/c1-8(7-14-2)5-13-10-3-4-12-6-9(10)11/h3-4,6,8H,5,7H2,1-2H3,(H,12,13). The lowest BCUT2D eigenvalue weighted by Crippen LogP contribution is -2.15. The van der Waals surface area contributed by atoms with E-state index in [1.807, 2.05) is 6.07 Å². The number of aromatic nitrogens is 1. The summed E-state index contributed by atoms with van der Waals surface area (Å²) in [5, 5.41) is 3.90. The molecule has 0 aliphatic carbocycles. The number of halogens is 1. The summed E-state index contributed by atoms with van der Waals surface area (Å²) in [7, 11) is 1.70. The first-order chi connectivity index (χ1) is 6.74. The maximum absolute atomic E-state index is 5.93. The Morgan fingerprint density at radius 2 is 2.43 bits per heavy atom. The molecule has 4 heteroatoms. The van der Waals surface area contributed by atoms with Gasteiger partial charge in [-0.05, 0) is 12.0 Å². The first-order valence-corrected chi connectivity index (χ1v) is 4.94. The third-order valence-electron chi connectivity index (χ3n) is 1.86. The number of ether oxygens (including phenoxy) is 1. The number of pyridine rings is 1. The van der Waals surface area contributed by atoms with Crippen molar-refractivity contribution in [2.45, 2.75) is 6.92 Å². The summed E-state index contributed by atoms with van der Waals surface area (Å²) in [4.78, 5) is 3.91. The smallest absolute Gasteiger partial charge is 0.0820 e. The van der Waals surface area contributed by atoms with Crippen molar-refractivity contribution in [1.82, 2.24) is 4.98 Å². The van der Waals surface area contributed by atoms with Crippen molar-refractivity contribution in [3.8, 4) is 0 Å². The predicted octanol–water partition coefficient (Wildman–Crippen LogP) is 2.43. The molecule has 1 atom stereocenters. The molecule has 1 heterocycles. The quantitative estimate of drug-likeness (QED) is 0.818. The highest BCUT2D eigenvalue weighted by atomic mass is 35.5. The molecule has 1 N–H and O–H groups in total. The normalized spacial score (nSPS) is 12.5. The van der Waals surface area contributed by atoms with Crippen LogP contribution in [0.15, 0.2) is 18.5 Å². The highest BCUT2D eigenvalue weighted by Crippen LogP contribution is 2.19. The molecule has 0 bridgehead atoms. The topological polar surface area (TPSA) is 34.1 Å². The number of nitrogens with one attached hydrogen (secondary N) is 1. The van der Waals surface area contributed by atoms with E-state index >= 15 is 0 Å². The van der Waals surface area contributed by atoms with Crippen molar-refractivity contribution in [3.05, 3.63) is 23.5 Å². The molecular weight excluding hydrogens is 200 g/mol. The number of anilines is 1. The van der Waals surface area contributed by atoms with Crippen LogP contribution in [0.25, 0.3) is 0 Å². The molecule has 0 spiro atoms. The van der Waals surface area contributed by atoms with Crippen molar-refractivity contribution < 1.29 is 4.74 Å². The second kappa shape index (κ2) is 5.83. The van der Waals surface area contributed by atoms with Crippen LogP contribution in [0, 0.1) is 5.92 Å². The summed E-state index contributed by atoms with van der Waals surface area (Å²) >= 11 is 5.93. The lowest BCUT2D eigenvalue weighted by Gasteiger charge is -2.12. The van der Waals surface area contributed by atoms with E-state index in [2.05, 4.69) is 17.2 Å². The molecule has 0 radical (unpaired) electrons. The minimum atomic E-state index is 0.462. The van der Waals surface area contributed by atoms with E-state index in [-0.39, 0.29) is 0 Å². The summed E-state index contributed by atoms with van der Waals surface area (Å²) in [5.74, 6) is 0.462. The average molecular weight is 215 g/mol. The minimum Gasteiger partial charge on any atom is -0.384 e. The molecular formula is C10H15ClN2O. The molecule has 1 unspecified atom stereocenters. The Labute approximate surface area is 89.4 Å². The maximum atomic E-state index is 5.93. The van der Waals surface area contributed by atoms with Gasteiger partial charge in [-0.3, -0.25) is 4.98 Å². The van der Waals surface area contributed by atoms with Gasteiger partial charge in [0.25, 0.3) is 0 Å². The largest absolute Gasteiger partial charge is 0.384 e. The van der Waals surface area contributed by atoms with Crippen LogP contribution in [-0.2, 0) is 4.74 Å². The van der Waals surface area contributed by atoms with Gasteiger partial charge in [-0.25, -0.2) is 0 Å². The van der Waals surface area contributed by atoms with Crippen LogP contribution >= 0.6 is 11.6 Å². The fraction of sp³-hybridized carbons (Fsp3) is 0.500. The Balaban J connectivity index is 2.41. The summed E-state index contributed by atoms with van der Waals surface area (Å²) in [6.07, 6.45) is 3.35. The van der Waals surface area contributed by atoms with Gasteiger partial charge < -0.3 is 10.1 Å². The minimum absolute atomic E-state index is 0.462. The summed E-state index contributed by atoms with van der Waals surface area (Å²) in [6.45, 7) is 3.71. The molecule has 0 amide bonds. The Hall–Kier alpha value is -0.800. The third-order valence-corrected chi connectivity index (χ3v) is 2.17. The number of rotatable bonds is 5. The number of hydrogen-bond donors (Lipinski definition) is 1. The van der Waals surface area contributed by atoms with E-state index in [1.54, 1.807) is 19.5 Å². The zero-order chi connectivity index (χ0) is 10.4. The first-order valence-electron chi connectivity index (χ1n) is 4.56. The van der Waals surface area contributed by atoms with Crippen LogP contribution in [0.2, 0.25) is 5.02 Å². The first kappa shape index (κ1) is 11.3. The van der Waals surface area contributed by atoms with Gasteiger partial charge in [-0.15, -0.1) is 0 Å². The van der Waals surface area contributed by atoms with E-state index in [4.69, 9.17) is 16.3 Å². The van der Waals surface area contributed by atoms with E-state index in [0.29, 0.717) is 10.9 Å². The van der Waals surface area contributed by atoms with Crippen molar-refractivity contribution in [2.24, 2.45) is 5.92 Å². The lowest BCUT2D eigenvalue weighted by molar-refractivity contribution is 0.164. The molecule has 3 nitrogen and oxygen atoms in total. The fourth-order valence-corrected chi connectivity index (χ4v) is 1.33. The molecule has 14 heavy (non-hydrogen) atoms. The van der Waals surface area contributed by atoms with Crippen molar-refractivity contribution >= 4 is 17.3 Å². The van der Waals surface area contributed by atoms with Crippen LogP contribution in [0.3, 0.4) is 0 Å². The Bertz CT molecular complexity index is 281. The zero-order valence-electron chi connectivity index (χ0n) is 8.46. The molecule has 78 valence electrons. The molecule has 0 aromatic carbocycles. The van der Waals surface area contributed by atoms with Gasteiger partial charge in [0.15, 0.2) is 0 Å². The van der Waals surface area contributed by atoms with Gasteiger partial charge in [0.05, 0.1) is 17.3 Å². The SMILES string of the molecule is COCC(C)CNc1ccncc1Cl. The molecule has 0 saturated carbocycles. The van der Waals surface area contributed by atoms with Crippen LogP contribution in [0.5, 0.6) is 0 Å². The van der Waals surface area contributed by atoms with Crippen LogP contribution in [0.4, 0.5) is 5.69 Å². The fourth-order valence-electron chi connectivity index (χ4n) is 1.15. The second-order valence-corrected chi connectivity index (χ2v) is 3.70. The highest BCUT2D eigenvalue weighted by molar-refractivity contribution is 6.33. The second-order valence-electron chi connectivity index (χ2n) is 3.30. The molecule has 0 saturated heterocycles. The van der Waals surface area contributed by atoms with Crippen LogP contribution in [0.1, 0.15) is 6.92 Å². The summed E-state index contributed by atoms with van der Waals surface area (Å²) < 4.78 is 5.04. The molecule has 0 aliphatic heterocycles. The molecule has 1 aromatic rings. The number of hydrogen-bond acceptors (Lipinski definition) is 3. The van der Waals surface area contributed by atoms with Crippen molar-refractivity contribution in [3.63, 3.8) is 0 Å². The molecule has 1 aromatic heterocycles. The summed E-state index contributed by atoms with van der Waals surface area (Å²) in [5.41, 5.74) is 0.921. The average Bonchev–Trinajstić information content (AvgIpc) is 2.17. The summed E-state index contributed by atoms with van der Waals surface area (Å²) in [6, 6.07) is 1.86. The van der Waals surface area contributed by atoms with Gasteiger partial charge in [0.2, 0.25) is 0 Å². The van der Waals surface area contributed by atoms with Crippen molar-refractivity contribution in [1.29, 1.82) is 0 Å². The number of methoxy groups -OCH3 is 1. The monoisotopic (exact) mass is 214 g/mol. The van der Waals surface area contributed by atoms with Crippen LogP contribution < -0.4 is 5.32 Å². The molecule has 0 aliphatic rings. The predicted molar refractivity (Wildman–Crippen MR) is 58.8 cm³/mol. The van der Waals surface area contributed by atoms with Gasteiger partial charge in [-0.2, -0.15) is 0 Å². The van der Waals surface area contributed by atoms with Crippen molar-refractivity contribution in [2.75, 3.05) is 25.6 Å². The van der Waals surface area contributed by atoms with Crippen LogP contribution in [-0.4, -0.2) is 25.2 Å². The maximum Gasteiger partial charge on any atom is 0.0820 e. The number of nitrogens with zero attached hydrogens (tertiary/aromatic N) is 1. The van der Waals surface area contributed by atoms with E-state index in [1.165, 1.54) is 0 Å². The van der Waals surface area contributed by atoms with Gasteiger partial charge in [-0.1, -0.05) is 18.5 Å². The Morgan fingerprint density at radius 1 is 1.64 bits per heavy atom. The van der Waals surface area contributed by atoms with E-state index in [0.717, 1.165) is 18.8 Å². The van der Waals surface area contributed by atoms with E-state index < -0.39 is 0 Å². The Kier molecular flexibility index (Phi) is 4.70. The lowest BCUT2D eigenvalue weighted by atomic mass is 10.2. The van der Waals surface area contributed by atoms with Gasteiger partial charge in [0.1, 0.15) is 0 Å². The third kappa shape index (κ3) is 3.52. The highest BCUT2D eigenvalue weighted by Gasteiger charge is 2.02. The molecule has 1 rings (SSSR count). The van der Waals surface area contributed by atoms with E-state index in [9.17, 15) is 0 Å². The van der Waals surface area contributed by atoms with Gasteiger partial charge >= 0.3 is 0 Å². The zero-order valence-corrected chi connectivity index (χ0v) is 9.21. The Morgan fingerprint density at radius 3 is 3.07 bits per heavy atom. The molecule has 0 fully saturated rings.